The predicted molar refractivity (Wildman–Crippen MR) is 116 cm³/mol. The molecule has 3 amide bonds. The summed E-state index contributed by atoms with van der Waals surface area (Å²) in [5.74, 6) is 0.814. The minimum atomic E-state index is -0.0935. The number of nitrogens with one attached hydrogen (secondary N) is 1. The van der Waals surface area contributed by atoms with E-state index in [1.807, 2.05) is 35.2 Å². The fourth-order valence-electron chi connectivity index (χ4n) is 3.32. The van der Waals surface area contributed by atoms with E-state index in [1.54, 1.807) is 18.1 Å². The largest absolute Gasteiger partial charge is 0.497 e. The molecule has 3 rings (SSSR count). The van der Waals surface area contributed by atoms with Gasteiger partial charge in [0.25, 0.3) is 5.91 Å². The Kier molecular flexibility index (Phi) is 7.46. The van der Waals surface area contributed by atoms with Gasteiger partial charge in [-0.05, 0) is 36.2 Å². The maximum absolute atomic E-state index is 12.7. The number of piperazine rings is 1. The highest BCUT2D eigenvalue weighted by Crippen LogP contribution is 2.20. The molecule has 0 unspecified atom stereocenters. The van der Waals surface area contributed by atoms with E-state index in [4.69, 9.17) is 4.74 Å². The van der Waals surface area contributed by atoms with Gasteiger partial charge in [-0.1, -0.05) is 12.1 Å². The highest BCUT2D eigenvalue weighted by atomic mass is 32.1. The zero-order valence-electron chi connectivity index (χ0n) is 17.3. The summed E-state index contributed by atoms with van der Waals surface area (Å²) >= 11 is 1.40. The van der Waals surface area contributed by atoms with Gasteiger partial charge in [-0.2, -0.15) is 0 Å². The summed E-state index contributed by atoms with van der Waals surface area (Å²) in [6, 6.07) is 11.4. The summed E-state index contributed by atoms with van der Waals surface area (Å²) in [5, 5.41) is 2.74. The Bertz CT molecular complexity index is 886. The smallest absolute Gasteiger partial charge is 0.264 e. The Morgan fingerprint density at radius 1 is 1.00 bits per heavy atom. The lowest BCUT2D eigenvalue weighted by Crippen LogP contribution is -2.50. The first-order valence-corrected chi connectivity index (χ1v) is 10.8. The average Bonchev–Trinajstić information content (AvgIpc) is 3.25. The number of benzene rings is 1. The molecule has 30 heavy (non-hydrogen) atoms. The maximum atomic E-state index is 12.7. The van der Waals surface area contributed by atoms with Crippen molar-refractivity contribution in [2.45, 2.75) is 26.3 Å². The van der Waals surface area contributed by atoms with Crippen molar-refractivity contribution in [1.29, 1.82) is 0 Å². The average molecular weight is 430 g/mol. The maximum Gasteiger partial charge on any atom is 0.264 e. The summed E-state index contributed by atoms with van der Waals surface area (Å²) in [7, 11) is 1.63. The van der Waals surface area contributed by atoms with Crippen molar-refractivity contribution in [1.82, 2.24) is 15.1 Å². The summed E-state index contributed by atoms with van der Waals surface area (Å²) < 4.78 is 5.15. The summed E-state index contributed by atoms with van der Waals surface area (Å²) in [6.07, 6.45) is 1.14. The SMILES string of the molecule is COc1ccc(CCC(=O)N2CCN(C(=O)c3ccc(CNC(C)=O)s3)CC2)cc1. The Morgan fingerprint density at radius 3 is 2.30 bits per heavy atom. The first-order chi connectivity index (χ1) is 14.5. The number of ether oxygens (including phenoxy) is 1. The molecule has 160 valence electrons. The Balaban J connectivity index is 1.44. The van der Waals surface area contributed by atoms with Gasteiger partial charge in [0.15, 0.2) is 0 Å². The number of methoxy groups -OCH3 is 1. The third-order valence-corrected chi connectivity index (χ3v) is 6.16. The normalized spacial score (nSPS) is 13.8. The molecule has 0 saturated carbocycles. The van der Waals surface area contributed by atoms with Crippen LogP contribution in [0.5, 0.6) is 5.75 Å². The molecule has 1 aliphatic rings. The lowest BCUT2D eigenvalue weighted by molar-refractivity contribution is -0.132. The second kappa shape index (κ2) is 10.2. The van der Waals surface area contributed by atoms with Gasteiger partial charge in [0.1, 0.15) is 5.75 Å². The second-order valence-corrected chi connectivity index (χ2v) is 8.37. The van der Waals surface area contributed by atoms with Crippen LogP contribution < -0.4 is 10.1 Å². The number of amides is 3. The third kappa shape index (κ3) is 5.82. The Hall–Kier alpha value is -2.87. The van der Waals surface area contributed by atoms with E-state index in [9.17, 15) is 14.4 Å². The molecule has 2 aromatic rings. The first kappa shape index (κ1) is 21.8. The van der Waals surface area contributed by atoms with Crippen molar-refractivity contribution in [3.8, 4) is 5.75 Å². The van der Waals surface area contributed by atoms with E-state index in [0.29, 0.717) is 50.4 Å². The lowest BCUT2D eigenvalue weighted by atomic mass is 10.1. The topological polar surface area (TPSA) is 79.0 Å². The molecule has 1 aromatic heterocycles. The molecule has 1 N–H and O–H groups in total. The molecule has 0 radical (unpaired) electrons. The number of thiophene rings is 1. The van der Waals surface area contributed by atoms with Crippen molar-refractivity contribution in [3.63, 3.8) is 0 Å². The minimum Gasteiger partial charge on any atom is -0.497 e. The molecule has 1 aliphatic heterocycles. The van der Waals surface area contributed by atoms with Gasteiger partial charge in [0.2, 0.25) is 11.8 Å². The quantitative estimate of drug-likeness (QED) is 0.733. The minimum absolute atomic E-state index is 0.0144. The van der Waals surface area contributed by atoms with Crippen LogP contribution in [0.2, 0.25) is 0 Å². The monoisotopic (exact) mass is 429 g/mol. The van der Waals surface area contributed by atoms with Gasteiger partial charge in [-0.25, -0.2) is 0 Å². The standard InChI is InChI=1S/C22H27N3O4S/c1-16(26)23-15-19-8-9-20(30-19)22(28)25-13-11-24(12-14-25)21(27)10-5-17-3-6-18(29-2)7-4-17/h3-4,6-9H,5,10-15H2,1-2H3,(H,23,26). The zero-order chi connectivity index (χ0) is 21.5. The van der Waals surface area contributed by atoms with Crippen LogP contribution in [-0.2, 0) is 22.6 Å². The van der Waals surface area contributed by atoms with E-state index < -0.39 is 0 Å². The first-order valence-electron chi connectivity index (χ1n) is 9.99. The highest BCUT2D eigenvalue weighted by molar-refractivity contribution is 7.14. The van der Waals surface area contributed by atoms with Gasteiger partial charge < -0.3 is 19.9 Å². The van der Waals surface area contributed by atoms with Crippen molar-refractivity contribution >= 4 is 29.1 Å². The number of carbonyl (C=O) groups excluding carboxylic acids is 3. The highest BCUT2D eigenvalue weighted by Gasteiger charge is 2.25. The number of nitrogens with zero attached hydrogens (tertiary/aromatic N) is 2. The van der Waals surface area contributed by atoms with Gasteiger partial charge >= 0.3 is 0 Å². The Labute approximate surface area is 180 Å². The molecule has 0 spiro atoms. The summed E-state index contributed by atoms with van der Waals surface area (Å²) in [6.45, 7) is 4.08. The second-order valence-electron chi connectivity index (χ2n) is 7.20. The number of hydrogen-bond acceptors (Lipinski definition) is 5. The van der Waals surface area contributed by atoms with Crippen LogP contribution in [0, 0.1) is 0 Å². The molecule has 0 bridgehead atoms. The number of rotatable bonds is 7. The van der Waals surface area contributed by atoms with Gasteiger partial charge in [0.05, 0.1) is 18.5 Å². The van der Waals surface area contributed by atoms with Crippen LogP contribution in [-0.4, -0.2) is 60.8 Å². The molecule has 8 heteroatoms. The predicted octanol–water partition coefficient (Wildman–Crippen LogP) is 2.31. The zero-order valence-corrected chi connectivity index (χ0v) is 18.2. The van der Waals surface area contributed by atoms with E-state index in [-0.39, 0.29) is 17.7 Å². The van der Waals surface area contributed by atoms with Crippen molar-refractivity contribution in [3.05, 3.63) is 51.7 Å². The fourth-order valence-corrected chi connectivity index (χ4v) is 4.23. The molecular weight excluding hydrogens is 402 g/mol. The number of carbonyl (C=O) groups is 3. The molecule has 2 heterocycles. The fraction of sp³-hybridized carbons (Fsp3) is 0.409. The van der Waals surface area contributed by atoms with Crippen LogP contribution in [0.25, 0.3) is 0 Å². The van der Waals surface area contributed by atoms with Crippen LogP contribution >= 0.6 is 11.3 Å². The van der Waals surface area contributed by atoms with Crippen molar-refractivity contribution in [2.24, 2.45) is 0 Å². The Morgan fingerprint density at radius 2 is 1.67 bits per heavy atom. The van der Waals surface area contributed by atoms with E-state index in [1.165, 1.54) is 18.3 Å². The molecule has 1 saturated heterocycles. The van der Waals surface area contributed by atoms with Crippen LogP contribution in [0.4, 0.5) is 0 Å². The molecule has 1 fully saturated rings. The van der Waals surface area contributed by atoms with Crippen LogP contribution in [0.1, 0.15) is 33.5 Å². The molecule has 0 aliphatic carbocycles. The van der Waals surface area contributed by atoms with E-state index in [2.05, 4.69) is 5.32 Å². The summed E-state index contributed by atoms with van der Waals surface area (Å²) in [4.78, 5) is 41.5. The van der Waals surface area contributed by atoms with Crippen molar-refractivity contribution in [2.75, 3.05) is 33.3 Å². The molecule has 0 atom stereocenters. The number of hydrogen-bond donors (Lipinski definition) is 1. The lowest BCUT2D eigenvalue weighted by Gasteiger charge is -2.34. The van der Waals surface area contributed by atoms with Crippen LogP contribution in [0.15, 0.2) is 36.4 Å². The third-order valence-electron chi connectivity index (χ3n) is 5.09. The summed E-state index contributed by atoms with van der Waals surface area (Å²) in [5.41, 5.74) is 1.10. The molecule has 1 aromatic carbocycles. The van der Waals surface area contributed by atoms with Crippen LogP contribution in [0.3, 0.4) is 0 Å². The van der Waals surface area contributed by atoms with E-state index >= 15 is 0 Å². The molecule has 7 nitrogen and oxygen atoms in total. The van der Waals surface area contributed by atoms with Crippen molar-refractivity contribution < 1.29 is 19.1 Å². The van der Waals surface area contributed by atoms with Gasteiger partial charge in [-0.15, -0.1) is 11.3 Å². The molecular formula is C22H27N3O4S. The van der Waals surface area contributed by atoms with Gasteiger partial charge in [-0.3, -0.25) is 14.4 Å². The van der Waals surface area contributed by atoms with Gasteiger partial charge in [0, 0.05) is 44.4 Å². The van der Waals surface area contributed by atoms with E-state index in [0.717, 1.165) is 16.2 Å². The number of aryl methyl sites for hydroxylation is 1.